The Morgan fingerprint density at radius 2 is 1.39 bits per heavy atom. The number of oxime groups is 1. The summed E-state index contributed by atoms with van der Waals surface area (Å²) >= 11 is 6.04. The molecule has 1 saturated heterocycles. The summed E-state index contributed by atoms with van der Waals surface area (Å²) in [5.74, 6) is 0. The van der Waals surface area contributed by atoms with Crippen molar-refractivity contribution >= 4 is 17.3 Å². The van der Waals surface area contributed by atoms with Crippen molar-refractivity contribution < 1.29 is 4.84 Å². The van der Waals surface area contributed by atoms with Gasteiger partial charge in [0.05, 0.1) is 6.04 Å². The van der Waals surface area contributed by atoms with E-state index in [1.165, 1.54) is 11.1 Å². The molecule has 1 fully saturated rings. The predicted molar refractivity (Wildman–Crippen MR) is 128 cm³/mol. The average molecular weight is 434 g/mol. The van der Waals surface area contributed by atoms with Crippen molar-refractivity contribution in [1.29, 1.82) is 0 Å². The second kappa shape index (κ2) is 10.6. The standard InChI is InChI=1S/C26H28ClN3O/c1-31-28-25(21-12-14-24(27)15-13-21)20-29-16-18-30(19-17-29)26(22-8-4-2-5-9-22)23-10-6-3-7-11-23/h2-15,26H,16-20H2,1H3/b28-25-. The number of benzene rings is 3. The molecule has 1 aliphatic heterocycles. The molecule has 3 aromatic rings. The van der Waals surface area contributed by atoms with Crippen molar-refractivity contribution in [3.05, 3.63) is 107 Å². The van der Waals surface area contributed by atoms with Gasteiger partial charge >= 0.3 is 0 Å². The number of rotatable bonds is 7. The first-order valence-electron chi connectivity index (χ1n) is 10.7. The molecule has 4 nitrogen and oxygen atoms in total. The minimum atomic E-state index is 0.271. The van der Waals surface area contributed by atoms with Crippen LogP contribution < -0.4 is 0 Å². The molecule has 3 aromatic carbocycles. The highest BCUT2D eigenvalue weighted by Crippen LogP contribution is 2.29. The van der Waals surface area contributed by atoms with Crippen molar-refractivity contribution in [1.82, 2.24) is 9.80 Å². The van der Waals surface area contributed by atoms with Gasteiger partial charge in [-0.1, -0.05) is 89.6 Å². The molecule has 5 heteroatoms. The maximum atomic E-state index is 6.04. The van der Waals surface area contributed by atoms with Gasteiger partial charge in [0.2, 0.25) is 0 Å². The second-order valence-corrected chi connectivity index (χ2v) is 8.20. The van der Waals surface area contributed by atoms with Crippen molar-refractivity contribution in [2.75, 3.05) is 39.8 Å². The van der Waals surface area contributed by atoms with E-state index in [4.69, 9.17) is 16.4 Å². The van der Waals surface area contributed by atoms with Gasteiger partial charge in [0, 0.05) is 43.3 Å². The highest BCUT2D eigenvalue weighted by Gasteiger charge is 2.27. The SMILES string of the molecule is CO/N=C(/CN1CCN(C(c2ccccc2)c2ccccc2)CC1)c1ccc(Cl)cc1. The molecule has 0 spiro atoms. The van der Waals surface area contributed by atoms with Crippen LogP contribution >= 0.6 is 11.6 Å². The lowest BCUT2D eigenvalue weighted by Gasteiger charge is -2.39. The molecule has 0 N–H and O–H groups in total. The first kappa shape index (κ1) is 21.6. The Morgan fingerprint density at radius 1 is 0.839 bits per heavy atom. The van der Waals surface area contributed by atoms with Crippen LogP contribution in [0.25, 0.3) is 0 Å². The lowest BCUT2D eigenvalue weighted by Crippen LogP contribution is -2.49. The van der Waals surface area contributed by atoms with Gasteiger partial charge in [-0.3, -0.25) is 9.80 Å². The molecule has 1 heterocycles. The molecule has 0 amide bonds. The number of hydrogen-bond donors (Lipinski definition) is 0. The van der Waals surface area contributed by atoms with E-state index >= 15 is 0 Å². The first-order chi connectivity index (χ1) is 15.2. The first-order valence-corrected chi connectivity index (χ1v) is 11.0. The van der Waals surface area contributed by atoms with Crippen LogP contribution in [0.3, 0.4) is 0 Å². The van der Waals surface area contributed by atoms with Gasteiger partial charge in [-0.2, -0.15) is 0 Å². The van der Waals surface area contributed by atoms with Crippen LogP contribution in [0.4, 0.5) is 0 Å². The number of hydrogen-bond acceptors (Lipinski definition) is 4. The fraction of sp³-hybridized carbons (Fsp3) is 0.269. The van der Waals surface area contributed by atoms with Crippen molar-refractivity contribution in [3.63, 3.8) is 0 Å². The number of halogens is 1. The Labute approximate surface area is 189 Å². The molecule has 0 aliphatic carbocycles. The second-order valence-electron chi connectivity index (χ2n) is 7.76. The Balaban J connectivity index is 1.46. The quantitative estimate of drug-likeness (QED) is 0.383. The number of piperazine rings is 1. The Morgan fingerprint density at radius 3 is 1.90 bits per heavy atom. The maximum Gasteiger partial charge on any atom is 0.106 e. The van der Waals surface area contributed by atoms with Crippen molar-refractivity contribution in [3.8, 4) is 0 Å². The minimum Gasteiger partial charge on any atom is -0.399 e. The van der Waals surface area contributed by atoms with E-state index in [9.17, 15) is 0 Å². The molecule has 0 aromatic heterocycles. The Kier molecular flexibility index (Phi) is 7.36. The molecule has 0 bridgehead atoms. The van der Waals surface area contributed by atoms with E-state index in [1.807, 2.05) is 24.3 Å². The van der Waals surface area contributed by atoms with Crippen LogP contribution in [-0.2, 0) is 4.84 Å². The van der Waals surface area contributed by atoms with Gasteiger partial charge in [-0.15, -0.1) is 0 Å². The van der Waals surface area contributed by atoms with Gasteiger partial charge < -0.3 is 4.84 Å². The molecule has 31 heavy (non-hydrogen) atoms. The topological polar surface area (TPSA) is 28.1 Å². The third-order valence-electron chi connectivity index (χ3n) is 5.75. The monoisotopic (exact) mass is 433 g/mol. The lowest BCUT2D eigenvalue weighted by molar-refractivity contribution is 0.119. The summed E-state index contributed by atoms with van der Waals surface area (Å²) in [6.07, 6.45) is 0. The van der Waals surface area contributed by atoms with Crippen LogP contribution in [0, 0.1) is 0 Å². The molecule has 4 rings (SSSR count). The summed E-state index contributed by atoms with van der Waals surface area (Å²) in [6, 6.07) is 29.6. The molecule has 1 aliphatic rings. The van der Waals surface area contributed by atoms with E-state index in [0.29, 0.717) is 0 Å². The van der Waals surface area contributed by atoms with Crippen LogP contribution in [0.2, 0.25) is 5.02 Å². The Hall–Kier alpha value is -2.66. The summed E-state index contributed by atoms with van der Waals surface area (Å²) in [5, 5.41) is 5.01. The van der Waals surface area contributed by atoms with Crippen LogP contribution in [-0.4, -0.2) is 55.3 Å². The van der Waals surface area contributed by atoms with Gasteiger partial charge in [0.15, 0.2) is 0 Å². The number of nitrogens with zero attached hydrogens (tertiary/aromatic N) is 3. The van der Waals surface area contributed by atoms with Crippen molar-refractivity contribution in [2.45, 2.75) is 6.04 Å². The van der Waals surface area contributed by atoms with E-state index < -0.39 is 0 Å². The van der Waals surface area contributed by atoms with Crippen LogP contribution in [0.15, 0.2) is 90.1 Å². The van der Waals surface area contributed by atoms with E-state index in [0.717, 1.165) is 49.0 Å². The minimum absolute atomic E-state index is 0.271. The van der Waals surface area contributed by atoms with E-state index in [-0.39, 0.29) is 6.04 Å². The molecule has 160 valence electrons. The summed E-state index contributed by atoms with van der Waals surface area (Å²) in [6.45, 7) is 4.70. The lowest BCUT2D eigenvalue weighted by atomic mass is 9.96. The van der Waals surface area contributed by atoms with Crippen molar-refractivity contribution in [2.24, 2.45) is 5.16 Å². The average Bonchev–Trinajstić information content (AvgIpc) is 2.82. The molecule has 0 unspecified atom stereocenters. The van der Waals surface area contributed by atoms with Gasteiger partial charge in [-0.25, -0.2) is 0 Å². The van der Waals surface area contributed by atoms with E-state index in [2.05, 4.69) is 75.6 Å². The highest BCUT2D eigenvalue weighted by atomic mass is 35.5. The van der Waals surface area contributed by atoms with Crippen LogP contribution in [0.5, 0.6) is 0 Å². The maximum absolute atomic E-state index is 6.04. The molecule has 0 saturated carbocycles. The third-order valence-corrected chi connectivity index (χ3v) is 6.01. The molecule has 0 atom stereocenters. The zero-order chi connectivity index (χ0) is 21.5. The highest BCUT2D eigenvalue weighted by molar-refractivity contribution is 6.30. The smallest absolute Gasteiger partial charge is 0.106 e. The fourth-order valence-corrected chi connectivity index (χ4v) is 4.33. The zero-order valence-corrected chi connectivity index (χ0v) is 18.6. The molecule has 0 radical (unpaired) electrons. The normalized spacial score (nSPS) is 15.9. The summed E-state index contributed by atoms with van der Waals surface area (Å²) < 4.78 is 0. The summed E-state index contributed by atoms with van der Waals surface area (Å²) in [7, 11) is 1.60. The third kappa shape index (κ3) is 5.53. The van der Waals surface area contributed by atoms with E-state index in [1.54, 1.807) is 7.11 Å². The summed E-state index contributed by atoms with van der Waals surface area (Å²) in [4.78, 5) is 10.1. The predicted octanol–water partition coefficient (Wildman–Crippen LogP) is 5.10. The van der Waals surface area contributed by atoms with Gasteiger partial charge in [-0.05, 0) is 23.3 Å². The van der Waals surface area contributed by atoms with Crippen LogP contribution in [0.1, 0.15) is 22.7 Å². The molecular formula is C26H28ClN3O. The largest absolute Gasteiger partial charge is 0.399 e. The fourth-order valence-electron chi connectivity index (χ4n) is 4.20. The van der Waals surface area contributed by atoms with Gasteiger partial charge in [0.25, 0.3) is 0 Å². The Bertz CT molecular complexity index is 929. The van der Waals surface area contributed by atoms with Gasteiger partial charge in [0.1, 0.15) is 12.8 Å². The summed E-state index contributed by atoms with van der Waals surface area (Å²) in [5.41, 5.74) is 4.64. The molecular weight excluding hydrogens is 406 g/mol. The zero-order valence-electron chi connectivity index (χ0n) is 17.8.